The van der Waals surface area contributed by atoms with Crippen LogP contribution in [0.3, 0.4) is 0 Å². The van der Waals surface area contributed by atoms with Crippen LogP contribution in [0.1, 0.15) is 45.5 Å². The number of benzene rings is 8. The molecule has 4 aliphatic rings. The highest BCUT2D eigenvalue weighted by Crippen LogP contribution is 2.66. The van der Waals surface area contributed by atoms with E-state index in [1.807, 2.05) is 0 Å². The van der Waals surface area contributed by atoms with E-state index in [4.69, 9.17) is 0 Å². The van der Waals surface area contributed by atoms with E-state index in [0.717, 1.165) is 17.1 Å². The molecule has 0 N–H and O–H groups in total. The third-order valence-electron chi connectivity index (χ3n) is 12.7. The molecule has 3 aliphatic heterocycles. The predicted octanol–water partition coefficient (Wildman–Crippen LogP) is 13.8. The zero-order chi connectivity index (χ0) is 37.5. The number of fused-ring (bicyclic) bond motifs is 10. The van der Waals surface area contributed by atoms with Crippen LogP contribution in [0.2, 0.25) is 0 Å². The molecule has 3 heterocycles. The Labute approximate surface area is 342 Å². The number of hydrogen-bond donors (Lipinski definition) is 0. The van der Waals surface area contributed by atoms with Crippen molar-refractivity contribution in [2.75, 3.05) is 9.80 Å². The van der Waals surface area contributed by atoms with Crippen LogP contribution in [0.4, 0.5) is 22.7 Å². The standard InChI is InChI=1S/C53H38N2S2/c1-4-16-35(17-5-1)53(36-18-6-2-7-19-36)45-25-13-10-22-41(45)44-34-40(32-33-46(44)53)54(37-20-8-3-9-21-37)38-28-30-39(31-29-38)55-49-42-23-11-14-26-47(42)56-51(49)52-50(55)43-24-12-15-27-48(43)57-52/h1-34,49-52H. The van der Waals surface area contributed by atoms with Gasteiger partial charge in [0, 0.05) is 43.0 Å². The molecule has 272 valence electrons. The van der Waals surface area contributed by atoms with Crippen LogP contribution >= 0.6 is 23.5 Å². The van der Waals surface area contributed by atoms with Crippen molar-refractivity contribution in [1.29, 1.82) is 0 Å². The monoisotopic (exact) mass is 766 g/mol. The van der Waals surface area contributed by atoms with E-state index < -0.39 is 5.41 Å². The number of para-hydroxylation sites is 1. The van der Waals surface area contributed by atoms with E-state index in [0.29, 0.717) is 22.6 Å². The van der Waals surface area contributed by atoms with E-state index >= 15 is 0 Å². The molecule has 4 heteroatoms. The third kappa shape index (κ3) is 4.87. The van der Waals surface area contributed by atoms with Gasteiger partial charge in [-0.1, -0.05) is 146 Å². The van der Waals surface area contributed by atoms with E-state index in [1.54, 1.807) is 0 Å². The molecule has 8 aromatic rings. The second kappa shape index (κ2) is 13.1. The van der Waals surface area contributed by atoms with Crippen molar-refractivity contribution >= 4 is 46.3 Å². The fourth-order valence-corrected chi connectivity index (χ4v) is 13.7. The maximum absolute atomic E-state index is 2.75. The molecule has 0 bridgehead atoms. The van der Waals surface area contributed by atoms with Crippen LogP contribution in [0.5, 0.6) is 0 Å². The van der Waals surface area contributed by atoms with Crippen molar-refractivity contribution in [3.8, 4) is 11.1 Å². The fourth-order valence-electron chi connectivity index (χ4n) is 10.4. The van der Waals surface area contributed by atoms with Crippen LogP contribution in [-0.4, -0.2) is 10.5 Å². The van der Waals surface area contributed by atoms with Gasteiger partial charge < -0.3 is 9.80 Å². The van der Waals surface area contributed by atoms with E-state index in [-0.39, 0.29) is 0 Å². The van der Waals surface area contributed by atoms with Gasteiger partial charge in [-0.25, -0.2) is 0 Å². The lowest BCUT2D eigenvalue weighted by atomic mass is 9.68. The van der Waals surface area contributed by atoms with Gasteiger partial charge >= 0.3 is 0 Å². The summed E-state index contributed by atoms with van der Waals surface area (Å²) in [6.45, 7) is 0. The molecular weight excluding hydrogens is 729 g/mol. The molecular formula is C53H38N2S2. The van der Waals surface area contributed by atoms with E-state index in [2.05, 4.69) is 240 Å². The minimum Gasteiger partial charge on any atom is -0.355 e. The fraction of sp³-hybridized carbons (Fsp3) is 0.0943. The van der Waals surface area contributed by atoms with E-state index in [1.165, 1.54) is 60.0 Å². The van der Waals surface area contributed by atoms with Gasteiger partial charge in [-0.05, 0) is 105 Å². The van der Waals surface area contributed by atoms with Crippen LogP contribution in [-0.2, 0) is 5.41 Å². The summed E-state index contributed by atoms with van der Waals surface area (Å²) in [5.41, 5.74) is 15.0. The maximum Gasteiger partial charge on any atom is 0.0713 e. The van der Waals surface area contributed by atoms with Gasteiger partial charge in [0.2, 0.25) is 0 Å². The van der Waals surface area contributed by atoms with E-state index in [9.17, 15) is 0 Å². The first-order valence-electron chi connectivity index (χ1n) is 19.9. The molecule has 12 rings (SSSR count). The van der Waals surface area contributed by atoms with Crippen LogP contribution in [0.15, 0.2) is 216 Å². The molecule has 0 aromatic heterocycles. The van der Waals surface area contributed by atoms with Crippen LogP contribution in [0.25, 0.3) is 11.1 Å². The van der Waals surface area contributed by atoms with Crippen molar-refractivity contribution in [2.24, 2.45) is 0 Å². The smallest absolute Gasteiger partial charge is 0.0713 e. The first-order valence-corrected chi connectivity index (χ1v) is 21.7. The summed E-state index contributed by atoms with van der Waals surface area (Å²) in [6, 6.07) is 77.4. The minimum absolute atomic E-state index is 0.337. The quantitative estimate of drug-likeness (QED) is 0.166. The Morgan fingerprint density at radius 3 is 1.49 bits per heavy atom. The van der Waals surface area contributed by atoms with Crippen molar-refractivity contribution < 1.29 is 0 Å². The summed E-state index contributed by atoms with van der Waals surface area (Å²) < 4.78 is 0. The third-order valence-corrected chi connectivity index (χ3v) is 15.7. The minimum atomic E-state index is -0.425. The first-order chi connectivity index (χ1) is 28.3. The lowest BCUT2D eigenvalue weighted by Gasteiger charge is -2.34. The molecule has 4 unspecified atom stereocenters. The SMILES string of the molecule is c1ccc(N(c2ccc(N3C4c5ccccc5SC4C4Sc5ccccc5C43)cc2)c2ccc3c(c2)-c2ccccc2C3(c2ccccc2)c2ccccc2)cc1. The summed E-state index contributed by atoms with van der Waals surface area (Å²) in [6.07, 6.45) is 0. The van der Waals surface area contributed by atoms with Crippen LogP contribution < -0.4 is 9.80 Å². The molecule has 1 fully saturated rings. The summed E-state index contributed by atoms with van der Waals surface area (Å²) >= 11 is 4.17. The first kappa shape index (κ1) is 33.2. The summed E-state index contributed by atoms with van der Waals surface area (Å²) in [4.78, 5) is 8.04. The second-order valence-corrected chi connectivity index (χ2v) is 17.9. The largest absolute Gasteiger partial charge is 0.355 e. The number of anilines is 4. The van der Waals surface area contributed by atoms with Gasteiger partial charge in [0.05, 0.1) is 17.5 Å². The second-order valence-electron chi connectivity index (χ2n) is 15.5. The van der Waals surface area contributed by atoms with Crippen molar-refractivity contribution in [3.63, 3.8) is 0 Å². The molecule has 57 heavy (non-hydrogen) atoms. The summed E-state index contributed by atoms with van der Waals surface area (Å²) in [7, 11) is 0. The van der Waals surface area contributed by atoms with Crippen LogP contribution in [0, 0.1) is 0 Å². The summed E-state index contributed by atoms with van der Waals surface area (Å²) in [5.74, 6) is 0. The Morgan fingerprint density at radius 2 is 0.877 bits per heavy atom. The molecule has 1 aliphatic carbocycles. The van der Waals surface area contributed by atoms with Gasteiger partial charge in [-0.2, -0.15) is 0 Å². The lowest BCUT2D eigenvalue weighted by Crippen LogP contribution is -2.28. The Hall–Kier alpha value is -5.94. The molecule has 4 atom stereocenters. The molecule has 1 saturated heterocycles. The Morgan fingerprint density at radius 1 is 0.404 bits per heavy atom. The lowest BCUT2D eigenvalue weighted by molar-refractivity contribution is 0.675. The highest BCUT2D eigenvalue weighted by molar-refractivity contribution is 8.04. The van der Waals surface area contributed by atoms with Gasteiger partial charge in [-0.3, -0.25) is 0 Å². The molecule has 0 spiro atoms. The predicted molar refractivity (Wildman–Crippen MR) is 239 cm³/mol. The van der Waals surface area contributed by atoms with Gasteiger partial charge in [0.15, 0.2) is 0 Å². The topological polar surface area (TPSA) is 6.48 Å². The average molecular weight is 767 g/mol. The number of nitrogens with zero attached hydrogens (tertiary/aromatic N) is 2. The maximum atomic E-state index is 2.75. The highest BCUT2D eigenvalue weighted by atomic mass is 32.2. The zero-order valence-corrected chi connectivity index (χ0v) is 32.8. The molecule has 0 radical (unpaired) electrons. The number of hydrogen-bond acceptors (Lipinski definition) is 4. The average Bonchev–Trinajstić information content (AvgIpc) is 4.01. The van der Waals surface area contributed by atoms with Gasteiger partial charge in [0.1, 0.15) is 0 Å². The summed E-state index contributed by atoms with van der Waals surface area (Å²) in [5, 5.41) is 0.997. The van der Waals surface area contributed by atoms with Gasteiger partial charge in [-0.15, -0.1) is 23.5 Å². The Balaban J connectivity index is 0.996. The van der Waals surface area contributed by atoms with Crippen molar-refractivity contribution in [1.82, 2.24) is 0 Å². The highest BCUT2D eigenvalue weighted by Gasteiger charge is 2.57. The Kier molecular flexibility index (Phi) is 7.61. The van der Waals surface area contributed by atoms with Crippen molar-refractivity contribution in [3.05, 3.63) is 240 Å². The molecule has 0 amide bonds. The molecule has 2 nitrogen and oxygen atoms in total. The van der Waals surface area contributed by atoms with Crippen molar-refractivity contribution in [2.45, 2.75) is 37.8 Å². The number of rotatable bonds is 6. The normalized spacial score (nSPS) is 20.2. The molecule has 8 aromatic carbocycles. The molecule has 0 saturated carbocycles. The Bertz CT molecular complexity index is 2690. The number of thioether (sulfide) groups is 2. The zero-order valence-electron chi connectivity index (χ0n) is 31.2. The van der Waals surface area contributed by atoms with Gasteiger partial charge in [0.25, 0.3) is 0 Å².